The normalized spacial score (nSPS) is 25.3. The van der Waals surface area contributed by atoms with E-state index in [0.717, 1.165) is 61.7 Å². The number of amides is 3. The van der Waals surface area contributed by atoms with Crippen LogP contribution < -0.4 is 5.32 Å². The number of nitrogens with zero attached hydrogens (tertiary/aromatic N) is 4. The molecule has 3 N–H and O–H groups in total. The highest BCUT2D eigenvalue weighted by Crippen LogP contribution is 2.50. The van der Waals surface area contributed by atoms with Crippen LogP contribution in [0.15, 0.2) is 12.4 Å². The van der Waals surface area contributed by atoms with Crippen molar-refractivity contribution in [3.63, 3.8) is 0 Å². The number of methoxy groups -OCH3 is 1. The lowest BCUT2D eigenvalue weighted by Gasteiger charge is -2.37. The van der Waals surface area contributed by atoms with Crippen LogP contribution >= 0.6 is 0 Å². The monoisotopic (exact) mass is 567 g/mol. The first-order valence-corrected chi connectivity index (χ1v) is 15.1. The van der Waals surface area contributed by atoms with Crippen molar-refractivity contribution in [2.45, 2.75) is 97.3 Å². The fourth-order valence-corrected chi connectivity index (χ4v) is 6.82. The maximum Gasteiger partial charge on any atom is 0.407 e. The van der Waals surface area contributed by atoms with Gasteiger partial charge in [-0.1, -0.05) is 34.6 Å². The third kappa shape index (κ3) is 5.72. The van der Waals surface area contributed by atoms with Crippen LogP contribution in [0.4, 0.5) is 4.79 Å². The Morgan fingerprint density at radius 1 is 0.976 bits per heavy atom. The summed E-state index contributed by atoms with van der Waals surface area (Å²) < 4.78 is 4.78. The number of alkyl carbamates (subject to hydrolysis) is 1. The molecule has 6 atom stereocenters. The van der Waals surface area contributed by atoms with Crippen LogP contribution in [0.25, 0.3) is 0 Å². The highest BCUT2D eigenvalue weighted by molar-refractivity contribution is 5.87. The maximum absolute atomic E-state index is 13.8. The number of aromatic amines is 2. The minimum atomic E-state index is -0.660. The van der Waals surface area contributed by atoms with Crippen molar-refractivity contribution >= 4 is 17.9 Å². The highest BCUT2D eigenvalue weighted by atomic mass is 16.5. The smallest absolute Gasteiger partial charge is 0.407 e. The molecule has 0 spiro atoms. The van der Waals surface area contributed by atoms with Gasteiger partial charge in [-0.25, -0.2) is 14.8 Å². The molecule has 41 heavy (non-hydrogen) atoms. The molecule has 3 aliphatic rings. The van der Waals surface area contributed by atoms with Gasteiger partial charge in [-0.3, -0.25) is 9.59 Å². The maximum atomic E-state index is 13.8. The molecule has 2 aromatic heterocycles. The molecular formula is C30H45N7O4. The molecule has 1 aliphatic carbocycles. The van der Waals surface area contributed by atoms with Crippen LogP contribution in [0.2, 0.25) is 0 Å². The fourth-order valence-electron chi connectivity index (χ4n) is 6.82. The zero-order chi connectivity index (χ0) is 29.4. The van der Waals surface area contributed by atoms with E-state index in [4.69, 9.17) is 14.7 Å². The molecule has 4 heterocycles. The Bertz CT molecular complexity index is 1250. The van der Waals surface area contributed by atoms with E-state index in [-0.39, 0.29) is 41.8 Å². The highest BCUT2D eigenvalue weighted by Gasteiger charge is 2.51. The number of imidazole rings is 2. The van der Waals surface area contributed by atoms with Crippen molar-refractivity contribution in [2.24, 2.45) is 23.7 Å². The molecule has 2 saturated heterocycles. The van der Waals surface area contributed by atoms with Gasteiger partial charge in [0.2, 0.25) is 11.8 Å². The SMILES string of the molecule is COC(=O)N[C@H](C(=O)N1[C@@H]2CC[C@@H](C2)[C@H]1c1nc(Cc2c[nH]c([C@@H]3CCCN3C(=O)[C@@H](C)C(C)C)n2)c[nH]1)C(C)C. The topological polar surface area (TPSA) is 136 Å². The van der Waals surface area contributed by atoms with Gasteiger partial charge in [-0.15, -0.1) is 0 Å². The molecule has 2 aromatic rings. The fraction of sp³-hybridized carbons (Fsp3) is 0.700. The Hall–Kier alpha value is -3.37. The third-order valence-corrected chi connectivity index (χ3v) is 9.42. The van der Waals surface area contributed by atoms with Crippen LogP contribution in [0, 0.1) is 23.7 Å². The van der Waals surface area contributed by atoms with E-state index >= 15 is 0 Å². The average molecular weight is 568 g/mol. The second-order valence-electron chi connectivity index (χ2n) is 12.7. The number of nitrogens with one attached hydrogen (secondary N) is 3. The first-order chi connectivity index (χ1) is 19.6. The van der Waals surface area contributed by atoms with Crippen molar-refractivity contribution in [2.75, 3.05) is 13.7 Å². The minimum Gasteiger partial charge on any atom is -0.453 e. The number of rotatable bonds is 9. The predicted molar refractivity (Wildman–Crippen MR) is 153 cm³/mol. The standard InChI is InChI=1S/C30H45N7O4/c1-16(2)18(5)28(38)36-11-7-8-23(36)26-31-14-20(33-26)13-21-15-32-27(34-21)25-19-9-10-22(12-19)37(25)29(39)24(17(3)4)35-30(40)41-6/h14-19,22-25H,7-13H2,1-6H3,(H,31,33)(H,32,34)(H,35,40)/t18-,19-,22+,23-,24-,25-/m0/s1. The molecule has 1 saturated carbocycles. The Morgan fingerprint density at radius 2 is 1.66 bits per heavy atom. The number of hydrogen-bond donors (Lipinski definition) is 3. The second-order valence-corrected chi connectivity index (χ2v) is 12.7. The first kappa shape index (κ1) is 29.1. The molecule has 0 aromatic carbocycles. The van der Waals surface area contributed by atoms with Crippen LogP contribution in [-0.4, -0.2) is 73.4 Å². The lowest BCUT2D eigenvalue weighted by molar-refractivity contribution is -0.139. The molecular weight excluding hydrogens is 522 g/mol. The Labute approximate surface area is 242 Å². The molecule has 5 rings (SSSR count). The zero-order valence-electron chi connectivity index (χ0n) is 25.1. The lowest BCUT2D eigenvalue weighted by Crippen LogP contribution is -2.54. The van der Waals surface area contributed by atoms with Gasteiger partial charge >= 0.3 is 6.09 Å². The van der Waals surface area contributed by atoms with Gasteiger partial charge in [-0.05, 0) is 49.9 Å². The summed E-state index contributed by atoms with van der Waals surface area (Å²) in [5.41, 5.74) is 1.73. The molecule has 224 valence electrons. The average Bonchev–Trinajstić information content (AvgIpc) is 3.78. The van der Waals surface area contributed by atoms with Gasteiger partial charge in [0.15, 0.2) is 0 Å². The van der Waals surface area contributed by atoms with E-state index in [1.807, 2.05) is 43.0 Å². The summed E-state index contributed by atoms with van der Waals surface area (Å²) in [6.07, 6.45) is 8.62. The molecule has 2 aliphatic heterocycles. The van der Waals surface area contributed by atoms with E-state index in [0.29, 0.717) is 18.3 Å². The summed E-state index contributed by atoms with van der Waals surface area (Å²) in [5, 5.41) is 2.74. The second kappa shape index (κ2) is 11.9. The van der Waals surface area contributed by atoms with Crippen molar-refractivity contribution in [3.8, 4) is 0 Å². The number of H-pyrrole nitrogens is 2. The van der Waals surface area contributed by atoms with E-state index < -0.39 is 12.1 Å². The Morgan fingerprint density at radius 3 is 2.32 bits per heavy atom. The van der Waals surface area contributed by atoms with E-state index in [1.54, 1.807) is 0 Å². The van der Waals surface area contributed by atoms with Crippen LogP contribution in [0.3, 0.4) is 0 Å². The largest absolute Gasteiger partial charge is 0.453 e. The first-order valence-electron chi connectivity index (χ1n) is 15.1. The quantitative estimate of drug-likeness (QED) is 0.417. The number of carbonyl (C=O) groups is 3. The Balaban J connectivity index is 1.29. The number of fused-ring (bicyclic) bond motifs is 2. The van der Waals surface area contributed by atoms with Gasteiger partial charge in [0.05, 0.1) is 30.6 Å². The van der Waals surface area contributed by atoms with Gasteiger partial charge in [0.1, 0.15) is 17.7 Å². The minimum absolute atomic E-state index is 0.0168. The van der Waals surface area contributed by atoms with Gasteiger partial charge in [0, 0.05) is 37.3 Å². The van der Waals surface area contributed by atoms with E-state index in [9.17, 15) is 14.4 Å². The van der Waals surface area contributed by atoms with Crippen LogP contribution in [0.1, 0.15) is 102 Å². The third-order valence-electron chi connectivity index (χ3n) is 9.42. The summed E-state index contributed by atoms with van der Waals surface area (Å²) in [7, 11) is 1.31. The van der Waals surface area contributed by atoms with Crippen molar-refractivity contribution in [3.05, 3.63) is 35.4 Å². The van der Waals surface area contributed by atoms with Gasteiger partial charge in [-0.2, -0.15) is 0 Å². The summed E-state index contributed by atoms with van der Waals surface area (Å²) in [5.74, 6) is 2.27. The predicted octanol–water partition coefficient (Wildman–Crippen LogP) is 4.11. The van der Waals surface area contributed by atoms with Crippen LogP contribution in [0.5, 0.6) is 0 Å². The van der Waals surface area contributed by atoms with E-state index in [2.05, 4.69) is 29.1 Å². The number of carbonyl (C=O) groups excluding carboxylic acids is 3. The number of piperidine rings is 1. The molecule has 11 heteroatoms. The number of ether oxygens (including phenoxy) is 1. The summed E-state index contributed by atoms with van der Waals surface area (Å²) >= 11 is 0. The molecule has 0 unspecified atom stereocenters. The van der Waals surface area contributed by atoms with Crippen molar-refractivity contribution in [1.82, 2.24) is 35.1 Å². The lowest BCUT2D eigenvalue weighted by atomic mass is 9.95. The summed E-state index contributed by atoms with van der Waals surface area (Å²) in [6.45, 7) is 10.8. The Kier molecular flexibility index (Phi) is 8.42. The van der Waals surface area contributed by atoms with Gasteiger partial charge < -0.3 is 29.8 Å². The summed E-state index contributed by atoms with van der Waals surface area (Å²) in [6, 6.07) is -0.678. The van der Waals surface area contributed by atoms with Crippen molar-refractivity contribution < 1.29 is 19.1 Å². The molecule has 3 amide bonds. The van der Waals surface area contributed by atoms with E-state index in [1.165, 1.54) is 7.11 Å². The zero-order valence-corrected chi connectivity index (χ0v) is 25.1. The number of likely N-dealkylation sites (tertiary alicyclic amines) is 2. The summed E-state index contributed by atoms with van der Waals surface area (Å²) in [4.78, 5) is 59.3. The van der Waals surface area contributed by atoms with Crippen molar-refractivity contribution in [1.29, 1.82) is 0 Å². The number of hydrogen-bond acceptors (Lipinski definition) is 6. The molecule has 11 nitrogen and oxygen atoms in total. The molecule has 0 radical (unpaired) electrons. The number of aromatic nitrogens is 4. The molecule has 2 bridgehead atoms. The van der Waals surface area contributed by atoms with Gasteiger partial charge in [0.25, 0.3) is 0 Å². The van der Waals surface area contributed by atoms with Crippen LogP contribution in [-0.2, 0) is 20.7 Å². The molecule has 3 fully saturated rings.